The van der Waals surface area contributed by atoms with Crippen LogP contribution in [0.25, 0.3) is 0 Å². The number of fused-ring (bicyclic) bond motifs is 2. The highest BCUT2D eigenvalue weighted by atomic mass is 35.5. The largest absolute Gasteiger partial charge is 0.503 e. The number of ether oxygens (including phenoxy) is 2. The first-order chi connectivity index (χ1) is 15.6. The van der Waals surface area contributed by atoms with Gasteiger partial charge in [-0.05, 0) is 12.5 Å². The lowest BCUT2D eigenvalue weighted by Gasteiger charge is -2.35. The fourth-order valence-electron chi connectivity index (χ4n) is 4.47. The Morgan fingerprint density at radius 1 is 1.36 bits per heavy atom. The summed E-state index contributed by atoms with van der Waals surface area (Å²) < 4.78 is 26.2. The predicted octanol–water partition coefficient (Wildman–Crippen LogP) is 1.73. The summed E-state index contributed by atoms with van der Waals surface area (Å²) in [4.78, 5) is 39.8. The summed E-state index contributed by atoms with van der Waals surface area (Å²) in [5.41, 5.74) is -2.02. The Labute approximate surface area is 193 Å². The van der Waals surface area contributed by atoms with Crippen LogP contribution in [0.2, 0.25) is 5.02 Å². The molecule has 1 spiro atoms. The molecule has 2 aliphatic rings. The SMILES string of the molecule is COC[C@H]1C[C@@]12CN(C)C(=O)c1c(O)c(=O)c(C(=O)NCc3cc(OC)cc(Cl)c3F)cn12. The number of aromatic hydroxyl groups is 1. The van der Waals surface area contributed by atoms with E-state index in [2.05, 4.69) is 5.32 Å². The molecule has 2 aromatic rings. The van der Waals surface area contributed by atoms with Gasteiger partial charge in [-0.2, -0.15) is 0 Å². The smallest absolute Gasteiger partial charge is 0.274 e. The van der Waals surface area contributed by atoms with Crippen LogP contribution in [0.4, 0.5) is 4.39 Å². The van der Waals surface area contributed by atoms with E-state index in [1.54, 1.807) is 14.2 Å². The molecule has 2 heterocycles. The van der Waals surface area contributed by atoms with Gasteiger partial charge in [0.15, 0.2) is 11.4 Å². The number of likely N-dealkylation sites (N-methyl/N-ethyl adjacent to an activating group) is 1. The Morgan fingerprint density at radius 2 is 2.09 bits per heavy atom. The molecule has 1 aromatic heterocycles. The molecule has 2 amide bonds. The number of carbonyl (C=O) groups excluding carboxylic acids is 2. The molecule has 1 aliphatic heterocycles. The molecule has 0 bridgehead atoms. The molecule has 9 nitrogen and oxygen atoms in total. The zero-order chi connectivity index (χ0) is 24.1. The molecule has 1 aromatic carbocycles. The standard InChI is InChI=1S/C22H23ClFN3O6/c1-26-10-22(6-12(22)9-32-2)27-8-14(18(28)19(29)17(27)21(26)31)20(30)25-7-11-4-13(33-3)5-15(23)16(11)24/h4-5,8,12,29H,6-7,9-10H2,1-3H3,(H,25,30)/t12-,22-/m1/s1. The van der Waals surface area contributed by atoms with Crippen LogP contribution in [-0.4, -0.2) is 60.8 Å². The number of aromatic nitrogens is 1. The Hall–Kier alpha value is -3.11. The van der Waals surface area contributed by atoms with Gasteiger partial charge < -0.3 is 29.4 Å². The monoisotopic (exact) mass is 479 g/mol. The van der Waals surface area contributed by atoms with E-state index >= 15 is 0 Å². The first-order valence-electron chi connectivity index (χ1n) is 10.2. The third-order valence-corrected chi connectivity index (χ3v) is 6.56. The molecule has 176 valence electrons. The Balaban J connectivity index is 1.69. The van der Waals surface area contributed by atoms with Gasteiger partial charge in [0.1, 0.15) is 17.1 Å². The zero-order valence-electron chi connectivity index (χ0n) is 18.3. The first kappa shape index (κ1) is 23.1. The van der Waals surface area contributed by atoms with E-state index in [1.807, 2.05) is 0 Å². The fourth-order valence-corrected chi connectivity index (χ4v) is 4.69. The van der Waals surface area contributed by atoms with Crippen LogP contribution in [0.1, 0.15) is 32.8 Å². The summed E-state index contributed by atoms with van der Waals surface area (Å²) in [5, 5.41) is 12.9. The van der Waals surface area contributed by atoms with E-state index in [0.717, 1.165) is 0 Å². The molecule has 0 unspecified atom stereocenters. The van der Waals surface area contributed by atoms with Crippen molar-refractivity contribution in [2.45, 2.75) is 18.5 Å². The van der Waals surface area contributed by atoms with Crippen molar-refractivity contribution in [2.24, 2.45) is 5.92 Å². The highest BCUT2D eigenvalue weighted by molar-refractivity contribution is 6.31. The van der Waals surface area contributed by atoms with Crippen molar-refractivity contribution in [3.63, 3.8) is 0 Å². The van der Waals surface area contributed by atoms with Crippen LogP contribution < -0.4 is 15.5 Å². The van der Waals surface area contributed by atoms with Crippen LogP contribution in [0.15, 0.2) is 23.1 Å². The van der Waals surface area contributed by atoms with Gasteiger partial charge in [0.25, 0.3) is 11.8 Å². The molecule has 2 atom stereocenters. The second kappa shape index (κ2) is 8.35. The first-order valence-corrected chi connectivity index (χ1v) is 10.6. The maximum Gasteiger partial charge on any atom is 0.274 e. The highest BCUT2D eigenvalue weighted by Crippen LogP contribution is 2.53. The van der Waals surface area contributed by atoms with Crippen LogP contribution in [0.3, 0.4) is 0 Å². The van der Waals surface area contributed by atoms with E-state index in [-0.39, 0.29) is 34.3 Å². The number of hydrogen-bond donors (Lipinski definition) is 2. The van der Waals surface area contributed by atoms with Gasteiger partial charge in [-0.3, -0.25) is 14.4 Å². The maximum absolute atomic E-state index is 14.3. The number of halogens is 2. The quantitative estimate of drug-likeness (QED) is 0.653. The van der Waals surface area contributed by atoms with Crippen LogP contribution in [0, 0.1) is 11.7 Å². The summed E-state index contributed by atoms with van der Waals surface area (Å²) in [5.74, 6) is -2.51. The number of benzene rings is 1. The summed E-state index contributed by atoms with van der Waals surface area (Å²) in [6.07, 6.45) is 1.95. The van der Waals surface area contributed by atoms with Crippen molar-refractivity contribution >= 4 is 23.4 Å². The number of nitrogens with one attached hydrogen (secondary N) is 1. The number of pyridine rings is 1. The maximum atomic E-state index is 14.3. The fraction of sp³-hybridized carbons (Fsp3) is 0.409. The summed E-state index contributed by atoms with van der Waals surface area (Å²) in [6, 6.07) is 2.68. The molecule has 1 saturated carbocycles. The molecule has 4 rings (SSSR count). The average Bonchev–Trinajstić information content (AvgIpc) is 3.47. The molecule has 0 radical (unpaired) electrons. The third kappa shape index (κ3) is 3.72. The minimum atomic E-state index is -0.981. The van der Waals surface area contributed by atoms with Gasteiger partial charge >= 0.3 is 0 Å². The topological polar surface area (TPSA) is 110 Å². The second-order valence-corrected chi connectivity index (χ2v) is 8.73. The number of carbonyl (C=O) groups is 2. The molecular formula is C22H23ClFN3O6. The van der Waals surface area contributed by atoms with Crippen molar-refractivity contribution in [3.8, 4) is 11.5 Å². The van der Waals surface area contributed by atoms with Gasteiger partial charge in [-0.1, -0.05) is 11.6 Å². The van der Waals surface area contributed by atoms with Gasteiger partial charge in [0.05, 0.1) is 24.3 Å². The lowest BCUT2D eigenvalue weighted by Crippen LogP contribution is -2.48. The van der Waals surface area contributed by atoms with Crippen LogP contribution in [-0.2, 0) is 16.8 Å². The van der Waals surface area contributed by atoms with E-state index in [1.165, 1.54) is 34.9 Å². The minimum Gasteiger partial charge on any atom is -0.503 e. The molecule has 1 fully saturated rings. The average molecular weight is 480 g/mol. The van der Waals surface area contributed by atoms with Gasteiger partial charge in [0, 0.05) is 51.0 Å². The molecule has 2 N–H and O–H groups in total. The second-order valence-electron chi connectivity index (χ2n) is 8.33. The van der Waals surface area contributed by atoms with Crippen molar-refractivity contribution in [2.75, 3.05) is 34.4 Å². The number of nitrogens with zero attached hydrogens (tertiary/aromatic N) is 2. The molecule has 1 aliphatic carbocycles. The Bertz CT molecular complexity index is 1220. The normalized spacial score (nSPS) is 21.2. The number of amides is 2. The van der Waals surface area contributed by atoms with E-state index in [0.29, 0.717) is 25.3 Å². The number of methoxy groups -OCH3 is 2. The van der Waals surface area contributed by atoms with E-state index in [4.69, 9.17) is 21.1 Å². The molecule has 33 heavy (non-hydrogen) atoms. The van der Waals surface area contributed by atoms with Gasteiger partial charge in [-0.15, -0.1) is 0 Å². The summed E-state index contributed by atoms with van der Waals surface area (Å²) in [6.45, 7) is 0.498. The zero-order valence-corrected chi connectivity index (χ0v) is 19.0. The molecule has 0 saturated heterocycles. The van der Waals surface area contributed by atoms with Crippen LogP contribution in [0.5, 0.6) is 11.5 Å². The lowest BCUT2D eigenvalue weighted by atomic mass is 10.0. The van der Waals surface area contributed by atoms with Crippen molar-refractivity contribution < 1.29 is 28.6 Å². The van der Waals surface area contributed by atoms with E-state index < -0.39 is 34.3 Å². The lowest BCUT2D eigenvalue weighted by molar-refractivity contribution is 0.0664. The van der Waals surface area contributed by atoms with E-state index in [9.17, 15) is 23.9 Å². The van der Waals surface area contributed by atoms with Crippen LogP contribution >= 0.6 is 11.6 Å². The number of rotatable bonds is 6. The number of hydrogen-bond acceptors (Lipinski definition) is 6. The minimum absolute atomic E-state index is 0.0441. The summed E-state index contributed by atoms with van der Waals surface area (Å²) in [7, 11) is 4.55. The van der Waals surface area contributed by atoms with Gasteiger partial charge in [-0.25, -0.2) is 4.39 Å². The molecular weight excluding hydrogens is 457 g/mol. The Morgan fingerprint density at radius 3 is 2.76 bits per heavy atom. The summed E-state index contributed by atoms with van der Waals surface area (Å²) >= 11 is 5.86. The van der Waals surface area contributed by atoms with Crippen molar-refractivity contribution in [1.82, 2.24) is 14.8 Å². The third-order valence-electron chi connectivity index (χ3n) is 6.29. The predicted molar refractivity (Wildman–Crippen MR) is 116 cm³/mol. The highest BCUT2D eigenvalue weighted by Gasteiger charge is 2.60. The van der Waals surface area contributed by atoms with Crippen molar-refractivity contribution in [1.29, 1.82) is 0 Å². The molecule has 11 heteroatoms. The Kier molecular flexibility index (Phi) is 5.83. The van der Waals surface area contributed by atoms with Crippen molar-refractivity contribution in [3.05, 3.63) is 56.2 Å². The van der Waals surface area contributed by atoms with Gasteiger partial charge in [0.2, 0.25) is 5.43 Å².